The Morgan fingerprint density at radius 2 is 1.76 bits per heavy atom. The molecule has 1 fully saturated rings. The van der Waals surface area contributed by atoms with Gasteiger partial charge in [0.15, 0.2) is 17.6 Å². The molecule has 0 aromatic heterocycles. The van der Waals surface area contributed by atoms with Crippen molar-refractivity contribution >= 4 is 5.97 Å². The van der Waals surface area contributed by atoms with Gasteiger partial charge in [-0.2, -0.15) is 0 Å². The number of carboxylic acids is 1. The number of methoxy groups -OCH3 is 2. The summed E-state index contributed by atoms with van der Waals surface area (Å²) in [5, 5.41) is 49.6. The average Bonchev–Trinajstić information content (AvgIpc) is 2.83. The summed E-state index contributed by atoms with van der Waals surface area (Å²) >= 11 is 0. The lowest BCUT2D eigenvalue weighted by molar-refractivity contribution is -0.271. The van der Waals surface area contributed by atoms with Crippen LogP contribution in [0.5, 0.6) is 28.7 Å². The molecule has 11 heteroatoms. The molecular formula is C23H26O11. The monoisotopic (exact) mass is 478 g/mol. The second-order valence-corrected chi connectivity index (χ2v) is 8.08. The van der Waals surface area contributed by atoms with Gasteiger partial charge in [-0.15, -0.1) is 0 Å². The van der Waals surface area contributed by atoms with Crippen LogP contribution in [0.15, 0.2) is 30.3 Å². The minimum atomic E-state index is -1.85. The lowest BCUT2D eigenvalue weighted by Crippen LogP contribution is -2.61. The molecule has 6 unspecified atom stereocenters. The maximum Gasteiger partial charge on any atom is 0.335 e. The van der Waals surface area contributed by atoms with Crippen molar-refractivity contribution in [3.05, 3.63) is 41.5 Å². The summed E-state index contributed by atoms with van der Waals surface area (Å²) in [5.41, 5.74) is 1.45. The van der Waals surface area contributed by atoms with E-state index in [9.17, 15) is 30.3 Å². The number of hydrogen-bond donors (Lipinski definition) is 5. The first-order valence-corrected chi connectivity index (χ1v) is 10.5. The Balaban J connectivity index is 1.71. The van der Waals surface area contributed by atoms with Crippen molar-refractivity contribution in [1.82, 2.24) is 0 Å². The number of ether oxygens (including phenoxy) is 5. The first kappa shape index (κ1) is 23.9. The van der Waals surface area contributed by atoms with Gasteiger partial charge >= 0.3 is 5.97 Å². The lowest BCUT2D eigenvalue weighted by atomic mass is 9.89. The number of phenolic OH excluding ortho intramolecular Hbond substituents is 1. The second-order valence-electron chi connectivity index (χ2n) is 8.08. The Labute approximate surface area is 194 Å². The Hall–Kier alpha value is -3.25. The largest absolute Gasteiger partial charge is 0.508 e. The van der Waals surface area contributed by atoms with Gasteiger partial charge in [-0.1, -0.05) is 12.1 Å². The van der Waals surface area contributed by atoms with Crippen molar-refractivity contribution in [3.63, 3.8) is 0 Å². The number of benzene rings is 2. The zero-order chi connectivity index (χ0) is 24.6. The van der Waals surface area contributed by atoms with Crippen LogP contribution in [-0.4, -0.2) is 83.0 Å². The van der Waals surface area contributed by atoms with Crippen LogP contribution in [0.25, 0.3) is 0 Å². The van der Waals surface area contributed by atoms with Crippen LogP contribution in [-0.2, 0) is 16.0 Å². The van der Waals surface area contributed by atoms with E-state index in [1.54, 1.807) is 24.3 Å². The van der Waals surface area contributed by atoms with Crippen LogP contribution in [0.4, 0.5) is 0 Å². The number of carboxylic acid groups (broad SMARTS) is 1. The van der Waals surface area contributed by atoms with E-state index in [-0.39, 0.29) is 29.8 Å². The topological polar surface area (TPSA) is 164 Å². The Morgan fingerprint density at radius 1 is 1.00 bits per heavy atom. The third-order valence-electron chi connectivity index (χ3n) is 5.97. The van der Waals surface area contributed by atoms with Crippen LogP contribution < -0.4 is 18.9 Å². The summed E-state index contributed by atoms with van der Waals surface area (Å²) in [6.07, 6.45) is -8.35. The molecule has 34 heavy (non-hydrogen) atoms. The van der Waals surface area contributed by atoms with Crippen molar-refractivity contribution < 1.29 is 54.0 Å². The number of aromatic hydroxyl groups is 1. The summed E-state index contributed by atoms with van der Waals surface area (Å²) in [7, 11) is 2.82. The van der Waals surface area contributed by atoms with E-state index in [2.05, 4.69) is 0 Å². The number of phenols is 1. The summed E-state index contributed by atoms with van der Waals surface area (Å²) in [5.74, 6) is -0.543. The van der Waals surface area contributed by atoms with Gasteiger partial charge in [-0.3, -0.25) is 0 Å². The fourth-order valence-electron chi connectivity index (χ4n) is 4.18. The zero-order valence-corrected chi connectivity index (χ0v) is 18.5. The predicted octanol–water partition coefficient (Wildman–Crippen LogP) is 0.399. The van der Waals surface area contributed by atoms with Crippen LogP contribution in [0.1, 0.15) is 17.0 Å². The maximum atomic E-state index is 11.5. The molecule has 5 N–H and O–H groups in total. The molecule has 0 aliphatic carbocycles. The minimum absolute atomic E-state index is 0.0875. The standard InChI is InChI=1S/C23H26O11/c1-30-14-6-5-13(11-7-10-3-4-12(24)8-15(10)32-9-11)19(20(14)31-2)33-23-18(27)16(25)17(26)21(34-23)22(28)29/h3-6,8,11,16-18,21,23-27H,7,9H2,1-2H3,(H,28,29). The maximum absolute atomic E-state index is 11.5. The van der Waals surface area contributed by atoms with Crippen LogP contribution in [0, 0.1) is 0 Å². The van der Waals surface area contributed by atoms with Gasteiger partial charge in [0.2, 0.25) is 12.0 Å². The van der Waals surface area contributed by atoms with Crippen molar-refractivity contribution in [1.29, 1.82) is 0 Å². The molecule has 1 saturated heterocycles. The van der Waals surface area contributed by atoms with E-state index >= 15 is 0 Å². The van der Waals surface area contributed by atoms with Crippen molar-refractivity contribution in [2.45, 2.75) is 43.0 Å². The molecule has 6 atom stereocenters. The summed E-state index contributed by atoms with van der Waals surface area (Å²) in [6, 6.07) is 8.24. The Morgan fingerprint density at radius 3 is 2.44 bits per heavy atom. The summed E-state index contributed by atoms with van der Waals surface area (Å²) in [4.78, 5) is 11.5. The Kier molecular flexibility index (Phi) is 6.71. The number of aliphatic hydroxyl groups excluding tert-OH is 3. The molecule has 2 aliphatic heterocycles. The highest BCUT2D eigenvalue weighted by molar-refractivity contribution is 5.73. The molecule has 2 aromatic carbocycles. The van der Waals surface area contributed by atoms with Crippen molar-refractivity contribution in [2.24, 2.45) is 0 Å². The molecular weight excluding hydrogens is 452 g/mol. The molecule has 0 radical (unpaired) electrons. The number of rotatable bonds is 6. The molecule has 2 aromatic rings. The predicted molar refractivity (Wildman–Crippen MR) is 115 cm³/mol. The van der Waals surface area contributed by atoms with Gasteiger partial charge in [-0.25, -0.2) is 4.79 Å². The number of aliphatic hydroxyl groups is 3. The number of carbonyl (C=O) groups is 1. The lowest BCUT2D eigenvalue weighted by Gasteiger charge is -2.39. The minimum Gasteiger partial charge on any atom is -0.508 e. The molecule has 11 nitrogen and oxygen atoms in total. The number of aliphatic carboxylic acids is 1. The number of hydrogen-bond acceptors (Lipinski definition) is 10. The summed E-state index contributed by atoms with van der Waals surface area (Å²) in [6.45, 7) is 0.232. The fourth-order valence-corrected chi connectivity index (χ4v) is 4.18. The average molecular weight is 478 g/mol. The van der Waals surface area contributed by atoms with E-state index in [0.717, 1.165) is 5.56 Å². The van der Waals surface area contributed by atoms with Gasteiger partial charge in [-0.05, 0) is 24.1 Å². The van der Waals surface area contributed by atoms with E-state index in [0.29, 0.717) is 23.5 Å². The smallest absolute Gasteiger partial charge is 0.335 e. The third-order valence-corrected chi connectivity index (χ3v) is 5.97. The zero-order valence-electron chi connectivity index (χ0n) is 18.5. The van der Waals surface area contributed by atoms with E-state index in [4.69, 9.17) is 23.7 Å². The third kappa shape index (κ3) is 4.30. The molecule has 4 rings (SSSR count). The molecule has 2 heterocycles. The van der Waals surface area contributed by atoms with E-state index in [1.807, 2.05) is 0 Å². The molecule has 0 saturated carbocycles. The van der Waals surface area contributed by atoms with Gasteiger partial charge in [0.05, 0.1) is 20.8 Å². The van der Waals surface area contributed by atoms with Crippen LogP contribution >= 0.6 is 0 Å². The van der Waals surface area contributed by atoms with E-state index in [1.165, 1.54) is 20.3 Å². The van der Waals surface area contributed by atoms with E-state index < -0.39 is 36.7 Å². The summed E-state index contributed by atoms with van der Waals surface area (Å²) < 4.78 is 27.9. The van der Waals surface area contributed by atoms with Gasteiger partial charge in [0.25, 0.3) is 0 Å². The normalized spacial score (nSPS) is 28.4. The van der Waals surface area contributed by atoms with Gasteiger partial charge in [0.1, 0.15) is 29.8 Å². The molecule has 0 amide bonds. The SMILES string of the molecule is COc1ccc(C2COc3cc(O)ccc3C2)c(OC2OC(C(=O)O)C(O)C(O)C2O)c1OC. The highest BCUT2D eigenvalue weighted by Gasteiger charge is 2.48. The molecule has 184 valence electrons. The van der Waals surface area contributed by atoms with Crippen LogP contribution in [0.3, 0.4) is 0 Å². The van der Waals surface area contributed by atoms with Crippen LogP contribution in [0.2, 0.25) is 0 Å². The number of fused-ring (bicyclic) bond motifs is 1. The second kappa shape index (κ2) is 9.55. The first-order valence-electron chi connectivity index (χ1n) is 10.5. The Bertz CT molecular complexity index is 1060. The molecule has 0 bridgehead atoms. The molecule has 0 spiro atoms. The van der Waals surface area contributed by atoms with Crippen molar-refractivity contribution in [2.75, 3.05) is 20.8 Å². The van der Waals surface area contributed by atoms with Gasteiger partial charge in [0, 0.05) is 17.5 Å². The van der Waals surface area contributed by atoms with Gasteiger partial charge < -0.3 is 49.2 Å². The highest BCUT2D eigenvalue weighted by atomic mass is 16.7. The fraction of sp³-hybridized carbons (Fsp3) is 0.435. The van der Waals surface area contributed by atoms with Crippen molar-refractivity contribution in [3.8, 4) is 28.7 Å². The first-order chi connectivity index (χ1) is 16.2. The highest BCUT2D eigenvalue weighted by Crippen LogP contribution is 2.46. The molecule has 2 aliphatic rings. The quantitative estimate of drug-likeness (QED) is 0.390.